The molecule has 1 atom stereocenters. The minimum atomic E-state index is -0.272. The van der Waals surface area contributed by atoms with Crippen LogP contribution in [-0.2, 0) is 17.8 Å². The van der Waals surface area contributed by atoms with Gasteiger partial charge in [-0.2, -0.15) is 0 Å². The second kappa shape index (κ2) is 7.53. The van der Waals surface area contributed by atoms with Crippen molar-refractivity contribution in [2.45, 2.75) is 38.8 Å². The smallest absolute Gasteiger partial charge is 0.291 e. The summed E-state index contributed by atoms with van der Waals surface area (Å²) in [6.45, 7) is 3.47. The van der Waals surface area contributed by atoms with E-state index in [1.54, 1.807) is 6.07 Å². The third kappa shape index (κ3) is 4.09. The zero-order valence-electron chi connectivity index (χ0n) is 14.3. The van der Waals surface area contributed by atoms with Crippen molar-refractivity contribution in [3.63, 3.8) is 0 Å². The number of carbonyl (C=O) groups is 2. The molecule has 1 aromatic carbocycles. The van der Waals surface area contributed by atoms with E-state index in [1.165, 1.54) is 0 Å². The predicted molar refractivity (Wildman–Crippen MR) is 95.1 cm³/mol. The highest BCUT2D eigenvalue weighted by Crippen LogP contribution is 2.21. The van der Waals surface area contributed by atoms with E-state index in [9.17, 15) is 9.59 Å². The molecular weight excluding hydrogens is 318 g/mol. The maximum absolute atomic E-state index is 12.3. The van der Waals surface area contributed by atoms with Crippen LogP contribution in [0.2, 0.25) is 0 Å². The highest BCUT2D eigenvalue weighted by molar-refractivity contribution is 6.02. The molecular formula is C19H23N3O3. The van der Waals surface area contributed by atoms with E-state index >= 15 is 0 Å². The van der Waals surface area contributed by atoms with E-state index in [-0.39, 0.29) is 17.9 Å². The molecule has 25 heavy (non-hydrogen) atoms. The maximum Gasteiger partial charge on any atom is 0.291 e. The summed E-state index contributed by atoms with van der Waals surface area (Å²) >= 11 is 0. The number of benzene rings is 1. The summed E-state index contributed by atoms with van der Waals surface area (Å²) in [5, 5.41) is 2.85. The largest absolute Gasteiger partial charge is 0.456 e. The Morgan fingerprint density at radius 2 is 2.16 bits per heavy atom. The molecule has 6 nitrogen and oxygen atoms in total. The zero-order valence-corrected chi connectivity index (χ0v) is 14.3. The Kier molecular flexibility index (Phi) is 5.19. The molecule has 3 rings (SSSR count). The SMILES string of the molecule is CCc1ccc(C(=O)Nc2cccc(CN3CCC[C@@H]3C(N)=O)c2)o1. The second-order valence-corrected chi connectivity index (χ2v) is 6.30. The Labute approximate surface area is 147 Å². The summed E-state index contributed by atoms with van der Waals surface area (Å²) in [6.07, 6.45) is 2.53. The summed E-state index contributed by atoms with van der Waals surface area (Å²) < 4.78 is 5.47. The van der Waals surface area contributed by atoms with Crippen molar-refractivity contribution < 1.29 is 14.0 Å². The minimum absolute atomic E-state index is 0.200. The zero-order chi connectivity index (χ0) is 17.8. The van der Waals surface area contributed by atoms with Gasteiger partial charge in [-0.05, 0) is 49.2 Å². The highest BCUT2D eigenvalue weighted by Gasteiger charge is 2.28. The van der Waals surface area contributed by atoms with Crippen molar-refractivity contribution in [2.24, 2.45) is 5.73 Å². The number of hydrogen-bond acceptors (Lipinski definition) is 4. The molecule has 3 N–H and O–H groups in total. The number of nitrogens with zero attached hydrogens (tertiary/aromatic N) is 1. The number of amides is 2. The molecule has 1 aliphatic heterocycles. The molecule has 0 bridgehead atoms. The summed E-state index contributed by atoms with van der Waals surface area (Å²) in [7, 11) is 0. The Morgan fingerprint density at radius 3 is 2.88 bits per heavy atom. The number of primary amides is 1. The van der Waals surface area contributed by atoms with Crippen molar-refractivity contribution in [2.75, 3.05) is 11.9 Å². The van der Waals surface area contributed by atoms with Gasteiger partial charge in [0.1, 0.15) is 5.76 Å². The topological polar surface area (TPSA) is 88.6 Å². The van der Waals surface area contributed by atoms with Gasteiger partial charge in [0.25, 0.3) is 5.91 Å². The fraction of sp³-hybridized carbons (Fsp3) is 0.368. The number of furan rings is 1. The molecule has 2 amide bonds. The van der Waals surface area contributed by atoms with Crippen LogP contribution in [0.1, 0.15) is 41.6 Å². The van der Waals surface area contributed by atoms with Gasteiger partial charge in [0.15, 0.2) is 5.76 Å². The maximum atomic E-state index is 12.3. The fourth-order valence-electron chi connectivity index (χ4n) is 3.20. The average Bonchev–Trinajstić information content (AvgIpc) is 3.24. The Hall–Kier alpha value is -2.60. The molecule has 0 unspecified atom stereocenters. The first-order valence-electron chi connectivity index (χ1n) is 8.59. The average molecular weight is 341 g/mol. The first kappa shape index (κ1) is 17.2. The molecule has 1 aromatic heterocycles. The van der Waals surface area contributed by atoms with Gasteiger partial charge in [-0.25, -0.2) is 0 Å². The number of nitrogens with one attached hydrogen (secondary N) is 1. The number of likely N-dealkylation sites (tertiary alicyclic amines) is 1. The summed E-state index contributed by atoms with van der Waals surface area (Å²) in [5.74, 6) is 0.542. The molecule has 132 valence electrons. The van der Waals surface area contributed by atoms with Crippen molar-refractivity contribution in [1.29, 1.82) is 0 Å². The van der Waals surface area contributed by atoms with Crippen LogP contribution in [0.15, 0.2) is 40.8 Å². The van der Waals surface area contributed by atoms with Crippen LogP contribution in [0.3, 0.4) is 0 Å². The molecule has 1 saturated heterocycles. The van der Waals surface area contributed by atoms with Crippen LogP contribution in [0.4, 0.5) is 5.69 Å². The molecule has 1 fully saturated rings. The van der Waals surface area contributed by atoms with Gasteiger partial charge < -0.3 is 15.5 Å². The van der Waals surface area contributed by atoms with Gasteiger partial charge in [0.05, 0.1) is 6.04 Å². The van der Waals surface area contributed by atoms with Crippen molar-refractivity contribution in [1.82, 2.24) is 4.90 Å². The van der Waals surface area contributed by atoms with E-state index < -0.39 is 0 Å². The van der Waals surface area contributed by atoms with Crippen LogP contribution in [0, 0.1) is 0 Å². The molecule has 0 spiro atoms. The molecule has 2 heterocycles. The summed E-state index contributed by atoms with van der Waals surface area (Å²) in [6, 6.07) is 10.9. The lowest BCUT2D eigenvalue weighted by Gasteiger charge is -2.22. The summed E-state index contributed by atoms with van der Waals surface area (Å²) in [4.78, 5) is 25.9. The number of nitrogens with two attached hydrogens (primary N) is 1. The number of aryl methyl sites for hydroxylation is 1. The van der Waals surface area contributed by atoms with Crippen LogP contribution in [0.5, 0.6) is 0 Å². The number of hydrogen-bond donors (Lipinski definition) is 2. The fourth-order valence-corrected chi connectivity index (χ4v) is 3.20. The van der Waals surface area contributed by atoms with Gasteiger partial charge in [-0.1, -0.05) is 19.1 Å². The van der Waals surface area contributed by atoms with E-state index in [0.717, 1.165) is 37.1 Å². The third-order valence-electron chi connectivity index (χ3n) is 4.50. The lowest BCUT2D eigenvalue weighted by atomic mass is 10.1. The van der Waals surface area contributed by atoms with Crippen LogP contribution in [-0.4, -0.2) is 29.3 Å². The third-order valence-corrected chi connectivity index (χ3v) is 4.50. The predicted octanol–water partition coefficient (Wildman–Crippen LogP) is 2.54. The first-order chi connectivity index (χ1) is 12.1. The van der Waals surface area contributed by atoms with Crippen molar-refractivity contribution in [3.8, 4) is 0 Å². The van der Waals surface area contributed by atoms with E-state index in [0.29, 0.717) is 18.0 Å². The molecule has 1 aliphatic rings. The van der Waals surface area contributed by atoms with E-state index in [2.05, 4.69) is 10.2 Å². The second-order valence-electron chi connectivity index (χ2n) is 6.30. The van der Waals surface area contributed by atoms with Gasteiger partial charge in [0, 0.05) is 18.7 Å². The first-order valence-corrected chi connectivity index (χ1v) is 8.59. The Morgan fingerprint density at radius 1 is 1.32 bits per heavy atom. The van der Waals surface area contributed by atoms with Crippen LogP contribution in [0.25, 0.3) is 0 Å². The number of rotatable bonds is 6. The number of carbonyl (C=O) groups excluding carboxylic acids is 2. The standard InChI is InChI=1S/C19H23N3O3/c1-2-15-8-9-17(25-15)19(24)21-14-6-3-5-13(11-14)12-22-10-4-7-16(22)18(20)23/h3,5-6,8-9,11,16H,2,4,7,10,12H2,1H3,(H2,20,23)(H,21,24)/t16-/m1/s1. The highest BCUT2D eigenvalue weighted by atomic mass is 16.3. The normalized spacial score (nSPS) is 17.6. The van der Waals surface area contributed by atoms with Gasteiger partial charge >= 0.3 is 0 Å². The van der Waals surface area contributed by atoms with Gasteiger partial charge in [0.2, 0.25) is 5.91 Å². The van der Waals surface area contributed by atoms with Crippen molar-refractivity contribution in [3.05, 3.63) is 53.5 Å². The number of anilines is 1. The minimum Gasteiger partial charge on any atom is -0.456 e. The molecule has 6 heteroatoms. The van der Waals surface area contributed by atoms with E-state index in [1.807, 2.05) is 37.3 Å². The van der Waals surface area contributed by atoms with Gasteiger partial charge in [-0.15, -0.1) is 0 Å². The molecule has 0 saturated carbocycles. The molecule has 0 radical (unpaired) electrons. The molecule has 0 aliphatic carbocycles. The van der Waals surface area contributed by atoms with Gasteiger partial charge in [-0.3, -0.25) is 14.5 Å². The lowest BCUT2D eigenvalue weighted by Crippen LogP contribution is -2.39. The Bertz CT molecular complexity index is 769. The van der Waals surface area contributed by atoms with Crippen LogP contribution < -0.4 is 11.1 Å². The van der Waals surface area contributed by atoms with Crippen LogP contribution >= 0.6 is 0 Å². The van der Waals surface area contributed by atoms with E-state index in [4.69, 9.17) is 10.2 Å². The van der Waals surface area contributed by atoms with Crippen molar-refractivity contribution >= 4 is 17.5 Å². The molecule has 2 aromatic rings. The Balaban J connectivity index is 1.67. The lowest BCUT2D eigenvalue weighted by molar-refractivity contribution is -0.122. The summed E-state index contributed by atoms with van der Waals surface area (Å²) in [5.41, 5.74) is 7.20. The quantitative estimate of drug-likeness (QED) is 0.845. The monoisotopic (exact) mass is 341 g/mol.